The summed E-state index contributed by atoms with van der Waals surface area (Å²) in [6.45, 7) is 3.16. The highest BCUT2D eigenvalue weighted by Gasteiger charge is 2.35. The van der Waals surface area contributed by atoms with E-state index in [1.165, 1.54) is 48.9 Å². The molecule has 4 nitrogen and oxygen atoms in total. The van der Waals surface area contributed by atoms with Crippen LogP contribution in [0.2, 0.25) is 5.02 Å². The Kier molecular flexibility index (Phi) is 6.39. The Balaban J connectivity index is 1.45. The first-order valence-electron chi connectivity index (χ1n) is 10.8. The molecule has 2 N–H and O–H groups in total. The molecule has 0 amide bonds. The zero-order valence-corrected chi connectivity index (χ0v) is 17.4. The van der Waals surface area contributed by atoms with E-state index in [4.69, 9.17) is 11.6 Å². The minimum atomic E-state index is -0.0856. The highest BCUT2D eigenvalue weighted by Crippen LogP contribution is 2.36. The molecule has 2 heterocycles. The van der Waals surface area contributed by atoms with Crippen molar-refractivity contribution in [2.45, 2.75) is 63.8 Å². The van der Waals surface area contributed by atoms with Crippen LogP contribution in [-0.4, -0.2) is 39.9 Å². The van der Waals surface area contributed by atoms with Crippen LogP contribution in [0.15, 0.2) is 30.5 Å². The van der Waals surface area contributed by atoms with Gasteiger partial charge in [-0.3, -0.25) is 10.00 Å². The van der Waals surface area contributed by atoms with Crippen molar-refractivity contribution in [2.24, 2.45) is 5.41 Å². The van der Waals surface area contributed by atoms with Gasteiger partial charge in [0.2, 0.25) is 0 Å². The van der Waals surface area contributed by atoms with Crippen LogP contribution in [0.5, 0.6) is 0 Å². The van der Waals surface area contributed by atoms with Gasteiger partial charge in [0.05, 0.1) is 12.8 Å². The number of nitrogens with one attached hydrogen (secondary N) is 1. The highest BCUT2D eigenvalue weighted by atomic mass is 35.5. The maximum absolute atomic E-state index is 10.3. The molecular formula is C23H32ClN3O. The number of nitrogens with zero attached hydrogens (tertiary/aromatic N) is 2. The number of rotatable bonds is 6. The lowest BCUT2D eigenvalue weighted by Gasteiger charge is -2.42. The summed E-state index contributed by atoms with van der Waals surface area (Å²) >= 11 is 6.18. The van der Waals surface area contributed by atoms with Crippen LogP contribution < -0.4 is 0 Å². The van der Waals surface area contributed by atoms with Crippen LogP contribution in [0, 0.1) is 5.41 Å². The zero-order chi connectivity index (χ0) is 19.4. The molecule has 0 spiro atoms. The van der Waals surface area contributed by atoms with Crippen LogP contribution >= 0.6 is 11.6 Å². The Hall–Kier alpha value is -1.36. The van der Waals surface area contributed by atoms with Crippen molar-refractivity contribution in [1.82, 2.24) is 15.1 Å². The molecule has 2 aliphatic rings. The second kappa shape index (κ2) is 8.98. The molecular weight excluding hydrogens is 370 g/mol. The van der Waals surface area contributed by atoms with E-state index >= 15 is 0 Å². The molecule has 2 aromatic rings. The summed E-state index contributed by atoms with van der Waals surface area (Å²) in [6.07, 6.45) is 11.7. The lowest BCUT2D eigenvalue weighted by atomic mass is 9.75. The molecule has 0 bridgehead atoms. The lowest BCUT2D eigenvalue weighted by Crippen LogP contribution is -2.46. The number of benzene rings is 1. The van der Waals surface area contributed by atoms with E-state index < -0.39 is 0 Å². The van der Waals surface area contributed by atoms with Gasteiger partial charge in [0.25, 0.3) is 0 Å². The van der Waals surface area contributed by atoms with E-state index in [0.717, 1.165) is 43.9 Å². The standard InChI is InChI=1S/C23H32ClN3O/c24-21-9-4-6-18(12-21)13-23(17-28)10-5-11-27(16-23)15-20-14-25-26-22(20)19-7-2-1-3-8-19/h4,6,9,12,14,19,28H,1-3,5,7-8,10-11,13,15-17H2,(H,25,26)/t23-/m0/s1. The third-order valence-corrected chi connectivity index (χ3v) is 6.94. The van der Waals surface area contributed by atoms with Gasteiger partial charge in [0.1, 0.15) is 0 Å². The third kappa shape index (κ3) is 4.61. The van der Waals surface area contributed by atoms with Gasteiger partial charge >= 0.3 is 0 Å². The van der Waals surface area contributed by atoms with Crippen LogP contribution in [0.1, 0.15) is 67.7 Å². The molecule has 1 saturated heterocycles. The van der Waals surface area contributed by atoms with E-state index in [9.17, 15) is 5.11 Å². The first kappa shape index (κ1) is 19.9. The smallest absolute Gasteiger partial charge is 0.0535 e. The van der Waals surface area contributed by atoms with Gasteiger partial charge < -0.3 is 5.11 Å². The summed E-state index contributed by atoms with van der Waals surface area (Å²) in [5.74, 6) is 0.644. The molecule has 1 aromatic carbocycles. The topological polar surface area (TPSA) is 52.1 Å². The number of aliphatic hydroxyl groups excluding tert-OH is 1. The fourth-order valence-corrected chi connectivity index (χ4v) is 5.50. The maximum Gasteiger partial charge on any atom is 0.0535 e. The number of hydrogen-bond donors (Lipinski definition) is 2. The molecule has 1 aromatic heterocycles. The maximum atomic E-state index is 10.3. The summed E-state index contributed by atoms with van der Waals surface area (Å²) in [5.41, 5.74) is 3.84. The molecule has 0 radical (unpaired) electrons. The minimum Gasteiger partial charge on any atom is -0.396 e. The number of piperidine rings is 1. The summed E-state index contributed by atoms with van der Waals surface area (Å²) in [6, 6.07) is 8.08. The summed E-state index contributed by atoms with van der Waals surface area (Å²) < 4.78 is 0. The van der Waals surface area contributed by atoms with Crippen LogP contribution in [-0.2, 0) is 13.0 Å². The van der Waals surface area contributed by atoms with Crippen LogP contribution in [0.4, 0.5) is 0 Å². The number of likely N-dealkylation sites (tertiary alicyclic amines) is 1. The first-order chi connectivity index (χ1) is 13.7. The van der Waals surface area contributed by atoms with E-state index in [0.29, 0.717) is 5.92 Å². The first-order valence-corrected chi connectivity index (χ1v) is 11.2. The molecule has 1 saturated carbocycles. The fourth-order valence-electron chi connectivity index (χ4n) is 5.29. The Morgan fingerprint density at radius 1 is 1.21 bits per heavy atom. The summed E-state index contributed by atoms with van der Waals surface area (Å²) in [4.78, 5) is 2.52. The van der Waals surface area contributed by atoms with E-state index in [1.54, 1.807) is 0 Å². The van der Waals surface area contributed by atoms with Crippen molar-refractivity contribution in [3.8, 4) is 0 Å². The van der Waals surface area contributed by atoms with E-state index in [1.807, 2.05) is 24.4 Å². The van der Waals surface area contributed by atoms with Gasteiger partial charge in [-0.05, 0) is 56.3 Å². The zero-order valence-electron chi connectivity index (χ0n) is 16.7. The van der Waals surface area contributed by atoms with Crippen molar-refractivity contribution in [3.05, 3.63) is 52.3 Å². The second-order valence-corrected chi connectivity index (χ2v) is 9.36. The van der Waals surface area contributed by atoms with Crippen molar-refractivity contribution < 1.29 is 5.11 Å². The number of H-pyrrole nitrogens is 1. The monoisotopic (exact) mass is 401 g/mol. The largest absolute Gasteiger partial charge is 0.396 e. The average Bonchev–Trinajstić information content (AvgIpc) is 3.17. The van der Waals surface area contributed by atoms with Crippen molar-refractivity contribution in [3.63, 3.8) is 0 Å². The van der Waals surface area contributed by atoms with Crippen LogP contribution in [0.3, 0.4) is 0 Å². The fraction of sp³-hybridized carbons (Fsp3) is 0.609. The molecule has 1 aliphatic heterocycles. The van der Waals surface area contributed by atoms with Gasteiger partial charge in [0, 0.05) is 40.7 Å². The van der Waals surface area contributed by atoms with Gasteiger partial charge in [-0.25, -0.2) is 0 Å². The number of aromatic nitrogens is 2. The van der Waals surface area contributed by atoms with Gasteiger partial charge in [-0.1, -0.05) is 43.0 Å². The SMILES string of the molecule is OC[C@]1(Cc2cccc(Cl)c2)CCCN(Cc2cn[nH]c2C2CCCCC2)C1. The van der Waals surface area contributed by atoms with Crippen molar-refractivity contribution in [1.29, 1.82) is 0 Å². The van der Waals surface area contributed by atoms with Gasteiger partial charge in [-0.15, -0.1) is 0 Å². The Bertz CT molecular complexity index is 771. The Labute approximate surface area is 173 Å². The molecule has 1 atom stereocenters. The molecule has 2 fully saturated rings. The highest BCUT2D eigenvalue weighted by molar-refractivity contribution is 6.30. The Morgan fingerprint density at radius 3 is 2.86 bits per heavy atom. The van der Waals surface area contributed by atoms with Crippen LogP contribution in [0.25, 0.3) is 0 Å². The van der Waals surface area contributed by atoms with Gasteiger partial charge in [-0.2, -0.15) is 5.10 Å². The predicted octanol–water partition coefficient (Wildman–Crippen LogP) is 4.93. The summed E-state index contributed by atoms with van der Waals surface area (Å²) in [5, 5.41) is 18.8. The lowest BCUT2D eigenvalue weighted by molar-refractivity contribution is 0.0287. The van der Waals surface area contributed by atoms with Gasteiger partial charge in [0.15, 0.2) is 0 Å². The molecule has 4 rings (SSSR count). The summed E-state index contributed by atoms with van der Waals surface area (Å²) in [7, 11) is 0. The van der Waals surface area contributed by atoms with E-state index in [2.05, 4.69) is 21.2 Å². The molecule has 0 unspecified atom stereocenters. The third-order valence-electron chi connectivity index (χ3n) is 6.70. The van der Waals surface area contributed by atoms with Crippen molar-refractivity contribution in [2.75, 3.05) is 19.7 Å². The second-order valence-electron chi connectivity index (χ2n) is 8.92. The quantitative estimate of drug-likeness (QED) is 0.721. The number of aromatic amines is 1. The molecule has 5 heteroatoms. The molecule has 1 aliphatic carbocycles. The van der Waals surface area contributed by atoms with E-state index in [-0.39, 0.29) is 12.0 Å². The number of aliphatic hydroxyl groups is 1. The normalized spacial score (nSPS) is 24.5. The predicted molar refractivity (Wildman–Crippen MR) is 114 cm³/mol. The number of hydrogen-bond acceptors (Lipinski definition) is 3. The number of halogens is 1. The Morgan fingerprint density at radius 2 is 2.07 bits per heavy atom. The molecule has 28 heavy (non-hydrogen) atoms. The molecule has 152 valence electrons. The average molecular weight is 402 g/mol. The minimum absolute atomic E-state index is 0.0856. The van der Waals surface area contributed by atoms with Crippen molar-refractivity contribution >= 4 is 11.6 Å².